The molecule has 4 rings (SSSR count). The van der Waals surface area contributed by atoms with Crippen molar-refractivity contribution in [3.05, 3.63) is 70.9 Å². The summed E-state index contributed by atoms with van der Waals surface area (Å²) < 4.78 is 79.2. The lowest BCUT2D eigenvalue weighted by atomic mass is 10.1. The van der Waals surface area contributed by atoms with E-state index in [0.29, 0.717) is 56.1 Å². The number of amides is 1. The van der Waals surface area contributed by atoms with Crippen molar-refractivity contribution >= 4 is 28.8 Å². The van der Waals surface area contributed by atoms with Gasteiger partial charge in [0.25, 0.3) is 0 Å². The molecular weight excluding hydrogens is 513 g/mol. The van der Waals surface area contributed by atoms with E-state index in [1.165, 1.54) is 7.11 Å². The highest BCUT2D eigenvalue weighted by molar-refractivity contribution is 5.94. The van der Waals surface area contributed by atoms with Gasteiger partial charge in [0.05, 0.1) is 37.3 Å². The van der Waals surface area contributed by atoms with Crippen LogP contribution in [0.3, 0.4) is 0 Å². The molecule has 0 spiro atoms. The van der Waals surface area contributed by atoms with Crippen LogP contribution in [0.25, 0.3) is 0 Å². The van der Waals surface area contributed by atoms with Crippen LogP contribution in [-0.2, 0) is 17.5 Å². The molecule has 8 nitrogen and oxygen atoms in total. The second kappa shape index (κ2) is 11.1. The monoisotopic (exact) mass is 537 g/mol. The van der Waals surface area contributed by atoms with Gasteiger partial charge >= 0.3 is 6.18 Å². The van der Waals surface area contributed by atoms with Crippen molar-refractivity contribution in [3.8, 4) is 5.75 Å². The SMILES string of the molecule is COc1cc(N2CCOCC2)ccc1Nc1cc(NCc2cc(F)c(F)cc2C(N)=O)c(C(F)(F)F)cn1. The summed E-state index contributed by atoms with van der Waals surface area (Å²) >= 11 is 0. The van der Waals surface area contributed by atoms with Gasteiger partial charge in [-0.05, 0) is 29.8 Å². The summed E-state index contributed by atoms with van der Waals surface area (Å²) in [5, 5.41) is 5.48. The number of benzene rings is 2. The number of aromatic nitrogens is 1. The number of rotatable bonds is 8. The van der Waals surface area contributed by atoms with Crippen molar-refractivity contribution in [2.24, 2.45) is 5.73 Å². The maximum absolute atomic E-state index is 13.8. The predicted molar refractivity (Wildman–Crippen MR) is 131 cm³/mol. The number of hydrogen-bond donors (Lipinski definition) is 3. The molecule has 0 radical (unpaired) electrons. The molecule has 1 fully saturated rings. The van der Waals surface area contributed by atoms with Gasteiger partial charge in [0.1, 0.15) is 11.6 Å². The summed E-state index contributed by atoms with van der Waals surface area (Å²) in [6, 6.07) is 7.78. The van der Waals surface area contributed by atoms with Gasteiger partial charge in [-0.25, -0.2) is 13.8 Å². The smallest absolute Gasteiger partial charge is 0.419 e. The number of halogens is 5. The third-order valence-corrected chi connectivity index (χ3v) is 5.91. The van der Waals surface area contributed by atoms with E-state index in [1.807, 2.05) is 6.07 Å². The first kappa shape index (κ1) is 26.9. The number of carbonyl (C=O) groups is 1. The van der Waals surface area contributed by atoms with E-state index in [-0.39, 0.29) is 16.9 Å². The Labute approximate surface area is 214 Å². The van der Waals surface area contributed by atoms with E-state index in [0.717, 1.165) is 11.8 Å². The molecule has 2 aromatic carbocycles. The van der Waals surface area contributed by atoms with E-state index in [4.69, 9.17) is 15.2 Å². The average molecular weight is 537 g/mol. The largest absolute Gasteiger partial charge is 0.494 e. The Morgan fingerprint density at radius 2 is 1.82 bits per heavy atom. The molecule has 1 amide bonds. The molecule has 0 bridgehead atoms. The first-order chi connectivity index (χ1) is 18.1. The molecule has 38 heavy (non-hydrogen) atoms. The fourth-order valence-corrected chi connectivity index (χ4v) is 3.99. The number of nitrogens with two attached hydrogens (primary N) is 1. The molecule has 1 aliphatic rings. The number of nitrogens with zero attached hydrogens (tertiary/aromatic N) is 2. The second-order valence-electron chi connectivity index (χ2n) is 8.36. The van der Waals surface area contributed by atoms with Gasteiger partial charge in [0.2, 0.25) is 5.91 Å². The van der Waals surface area contributed by atoms with Gasteiger partial charge in [-0.1, -0.05) is 0 Å². The number of carbonyl (C=O) groups excluding carboxylic acids is 1. The van der Waals surface area contributed by atoms with E-state index < -0.39 is 41.5 Å². The van der Waals surface area contributed by atoms with E-state index in [1.54, 1.807) is 12.1 Å². The maximum Gasteiger partial charge on any atom is 0.419 e. The summed E-state index contributed by atoms with van der Waals surface area (Å²) in [5.74, 6) is -3.13. The van der Waals surface area contributed by atoms with Gasteiger partial charge in [-0.3, -0.25) is 4.79 Å². The van der Waals surface area contributed by atoms with E-state index >= 15 is 0 Å². The lowest BCUT2D eigenvalue weighted by Gasteiger charge is -2.29. The fourth-order valence-electron chi connectivity index (χ4n) is 3.99. The average Bonchev–Trinajstić information content (AvgIpc) is 2.89. The van der Waals surface area contributed by atoms with Gasteiger partial charge in [-0.15, -0.1) is 0 Å². The summed E-state index contributed by atoms with van der Waals surface area (Å²) in [7, 11) is 1.47. The van der Waals surface area contributed by atoms with Gasteiger partial charge in [-0.2, -0.15) is 13.2 Å². The molecule has 4 N–H and O–H groups in total. The number of methoxy groups -OCH3 is 1. The van der Waals surface area contributed by atoms with Crippen molar-refractivity contribution < 1.29 is 36.2 Å². The van der Waals surface area contributed by atoms with Crippen LogP contribution in [0.2, 0.25) is 0 Å². The van der Waals surface area contributed by atoms with Crippen LogP contribution >= 0.6 is 0 Å². The summed E-state index contributed by atoms with van der Waals surface area (Å²) in [6.07, 6.45) is -4.13. The highest BCUT2D eigenvalue weighted by Gasteiger charge is 2.34. The fraction of sp³-hybridized carbons (Fsp3) is 0.280. The highest BCUT2D eigenvalue weighted by Crippen LogP contribution is 2.37. The zero-order valence-corrected chi connectivity index (χ0v) is 20.2. The molecule has 3 aromatic rings. The molecule has 0 unspecified atom stereocenters. The Bertz CT molecular complexity index is 1330. The first-order valence-electron chi connectivity index (χ1n) is 11.4. The highest BCUT2D eigenvalue weighted by atomic mass is 19.4. The molecule has 0 aliphatic carbocycles. The Balaban J connectivity index is 1.61. The van der Waals surface area contributed by atoms with Crippen molar-refractivity contribution in [1.29, 1.82) is 0 Å². The van der Waals surface area contributed by atoms with Crippen LogP contribution in [0, 0.1) is 11.6 Å². The number of nitrogens with one attached hydrogen (secondary N) is 2. The molecule has 2 heterocycles. The minimum atomic E-state index is -4.77. The third kappa shape index (κ3) is 6.05. The van der Waals surface area contributed by atoms with Crippen molar-refractivity contribution in [2.75, 3.05) is 48.9 Å². The van der Waals surface area contributed by atoms with Crippen molar-refractivity contribution in [3.63, 3.8) is 0 Å². The molecule has 0 saturated carbocycles. The number of hydrogen-bond acceptors (Lipinski definition) is 7. The number of pyridine rings is 1. The normalized spacial score (nSPS) is 13.8. The molecule has 202 valence electrons. The molecule has 0 atom stereocenters. The molecule has 1 aromatic heterocycles. The summed E-state index contributed by atoms with van der Waals surface area (Å²) in [6.45, 7) is 2.17. The van der Waals surface area contributed by atoms with Crippen LogP contribution < -0.4 is 26.0 Å². The third-order valence-electron chi connectivity index (χ3n) is 5.91. The number of ether oxygens (including phenoxy) is 2. The van der Waals surface area contributed by atoms with Crippen LogP contribution in [-0.4, -0.2) is 44.3 Å². The van der Waals surface area contributed by atoms with Gasteiger partial charge in [0, 0.05) is 49.2 Å². The quantitative estimate of drug-likeness (QED) is 0.359. The number of morpholine rings is 1. The van der Waals surface area contributed by atoms with Crippen LogP contribution in [0.5, 0.6) is 5.75 Å². The topological polar surface area (TPSA) is 102 Å². The summed E-state index contributed by atoms with van der Waals surface area (Å²) in [5.41, 5.74) is 4.60. The zero-order valence-electron chi connectivity index (χ0n) is 20.2. The van der Waals surface area contributed by atoms with Crippen LogP contribution in [0.15, 0.2) is 42.6 Å². The van der Waals surface area contributed by atoms with Gasteiger partial charge < -0.3 is 30.7 Å². The molecule has 1 saturated heterocycles. The number of primary amides is 1. The predicted octanol–water partition coefficient (Wildman–Crippen LogP) is 4.68. The lowest BCUT2D eigenvalue weighted by molar-refractivity contribution is -0.137. The standard InChI is InChI=1S/C25H24F5N5O3/c1-37-22-9-15(35-4-6-38-7-5-35)2-3-20(22)34-23-11-21(17(13-33-23)25(28,29)30)32-12-14-8-18(26)19(27)10-16(14)24(31)36/h2-3,8-11,13H,4-7,12H2,1H3,(H2,31,36)(H2,32,33,34). The van der Waals surface area contributed by atoms with Gasteiger partial charge in [0.15, 0.2) is 11.6 Å². The van der Waals surface area contributed by atoms with Crippen molar-refractivity contribution in [1.82, 2.24) is 4.98 Å². The zero-order chi connectivity index (χ0) is 27.4. The molecule has 1 aliphatic heterocycles. The number of anilines is 4. The Kier molecular flexibility index (Phi) is 7.86. The Morgan fingerprint density at radius 3 is 2.47 bits per heavy atom. The molecule has 13 heteroatoms. The van der Waals surface area contributed by atoms with E-state index in [2.05, 4.69) is 20.5 Å². The number of alkyl halides is 3. The molecular formula is C25H24F5N5O3. The minimum absolute atomic E-state index is 0.0540. The van der Waals surface area contributed by atoms with E-state index in [9.17, 15) is 26.7 Å². The van der Waals surface area contributed by atoms with Crippen molar-refractivity contribution in [2.45, 2.75) is 12.7 Å². The second-order valence-corrected chi connectivity index (χ2v) is 8.36. The first-order valence-corrected chi connectivity index (χ1v) is 11.4. The van der Waals surface area contributed by atoms with Crippen LogP contribution in [0.1, 0.15) is 21.5 Å². The summed E-state index contributed by atoms with van der Waals surface area (Å²) in [4.78, 5) is 17.6. The Morgan fingerprint density at radius 1 is 1.11 bits per heavy atom. The van der Waals surface area contributed by atoms with Crippen LogP contribution in [0.4, 0.5) is 44.8 Å². The minimum Gasteiger partial charge on any atom is -0.494 e. The maximum atomic E-state index is 13.8. The Hall–Kier alpha value is -4.13. The lowest BCUT2D eigenvalue weighted by Crippen LogP contribution is -2.36.